The average molecular weight is 289 g/mol. The van der Waals surface area contributed by atoms with Crippen molar-refractivity contribution in [2.24, 2.45) is 5.92 Å². The molecule has 0 saturated carbocycles. The highest BCUT2D eigenvalue weighted by molar-refractivity contribution is 5.13. The Morgan fingerprint density at radius 3 is 2.81 bits per heavy atom. The van der Waals surface area contributed by atoms with Gasteiger partial charge in [0.2, 0.25) is 0 Å². The summed E-state index contributed by atoms with van der Waals surface area (Å²) in [5.41, 5.74) is 1.44. The van der Waals surface area contributed by atoms with Gasteiger partial charge in [-0.1, -0.05) is 30.3 Å². The minimum Gasteiger partial charge on any atom is -0.377 e. The van der Waals surface area contributed by atoms with Gasteiger partial charge in [0, 0.05) is 13.2 Å². The summed E-state index contributed by atoms with van der Waals surface area (Å²) in [7, 11) is 0. The molecule has 0 aromatic heterocycles. The molecule has 116 valence electrons. The van der Waals surface area contributed by atoms with E-state index in [2.05, 4.69) is 29.6 Å². The predicted molar refractivity (Wildman–Crippen MR) is 84.2 cm³/mol. The Kier molecular flexibility index (Phi) is 5.28. The van der Waals surface area contributed by atoms with Crippen LogP contribution < -0.4 is 5.32 Å². The van der Waals surface area contributed by atoms with Crippen LogP contribution in [0.15, 0.2) is 30.3 Å². The summed E-state index contributed by atoms with van der Waals surface area (Å²) in [4.78, 5) is 0. The van der Waals surface area contributed by atoms with Gasteiger partial charge in [-0.2, -0.15) is 0 Å². The zero-order valence-corrected chi connectivity index (χ0v) is 12.9. The highest BCUT2D eigenvalue weighted by Gasteiger charge is 2.38. The second-order valence-electron chi connectivity index (χ2n) is 6.47. The second kappa shape index (κ2) is 7.39. The second-order valence-corrected chi connectivity index (χ2v) is 6.47. The summed E-state index contributed by atoms with van der Waals surface area (Å²) in [5, 5.41) is 3.44. The molecule has 2 aliphatic rings. The lowest BCUT2D eigenvalue weighted by atomic mass is 9.79. The molecular weight excluding hydrogens is 262 g/mol. The van der Waals surface area contributed by atoms with Gasteiger partial charge in [0.15, 0.2) is 0 Å². The minimum absolute atomic E-state index is 0.174. The summed E-state index contributed by atoms with van der Waals surface area (Å²) in [6.07, 6.45) is 5.95. The Hall–Kier alpha value is -0.900. The monoisotopic (exact) mass is 289 g/mol. The highest BCUT2D eigenvalue weighted by atomic mass is 16.5. The first-order valence-electron chi connectivity index (χ1n) is 8.33. The lowest BCUT2D eigenvalue weighted by molar-refractivity contribution is -0.116. The van der Waals surface area contributed by atoms with E-state index in [-0.39, 0.29) is 5.60 Å². The number of benzene rings is 1. The van der Waals surface area contributed by atoms with Crippen molar-refractivity contribution >= 4 is 0 Å². The molecule has 0 radical (unpaired) electrons. The van der Waals surface area contributed by atoms with E-state index in [0.717, 1.165) is 38.8 Å². The average Bonchev–Trinajstić information content (AvgIpc) is 2.54. The van der Waals surface area contributed by atoms with E-state index >= 15 is 0 Å². The van der Waals surface area contributed by atoms with Crippen LogP contribution >= 0.6 is 0 Å². The van der Waals surface area contributed by atoms with Crippen LogP contribution in [-0.2, 0) is 16.1 Å². The van der Waals surface area contributed by atoms with Gasteiger partial charge >= 0.3 is 0 Å². The lowest BCUT2D eigenvalue weighted by Gasteiger charge is -2.43. The Morgan fingerprint density at radius 2 is 2.00 bits per heavy atom. The molecule has 1 aromatic carbocycles. The minimum atomic E-state index is 0.174. The summed E-state index contributed by atoms with van der Waals surface area (Å²) in [6.45, 7) is 4.75. The first-order chi connectivity index (χ1) is 10.4. The van der Waals surface area contributed by atoms with Crippen LogP contribution in [0.25, 0.3) is 0 Å². The molecule has 1 atom stereocenters. The first kappa shape index (κ1) is 15.0. The molecule has 0 aliphatic carbocycles. The quantitative estimate of drug-likeness (QED) is 0.845. The fourth-order valence-corrected chi connectivity index (χ4v) is 3.62. The van der Waals surface area contributed by atoms with Crippen LogP contribution in [0.4, 0.5) is 0 Å². The van der Waals surface area contributed by atoms with Gasteiger partial charge in [-0.05, 0) is 56.7 Å². The van der Waals surface area contributed by atoms with E-state index in [1.165, 1.54) is 37.7 Å². The molecule has 0 unspecified atom stereocenters. The van der Waals surface area contributed by atoms with Crippen molar-refractivity contribution in [3.63, 3.8) is 0 Å². The standard InChI is InChI=1S/C18H27NO2/c1-2-4-17(5-3-1)15-20-12-6-16-7-13-21-18(14-16)8-10-19-11-9-18/h1-5,16,19H,6-15H2/t16-/m0/s1. The number of ether oxygens (including phenoxy) is 2. The maximum atomic E-state index is 6.13. The normalized spacial score (nSPS) is 25.0. The molecule has 2 saturated heterocycles. The molecule has 2 heterocycles. The Balaban J connectivity index is 1.39. The molecule has 1 aromatic rings. The van der Waals surface area contributed by atoms with E-state index in [1.807, 2.05) is 6.07 Å². The van der Waals surface area contributed by atoms with Crippen LogP contribution in [0.5, 0.6) is 0 Å². The molecule has 1 N–H and O–H groups in total. The smallest absolute Gasteiger partial charge is 0.0716 e. The van der Waals surface area contributed by atoms with Crippen molar-refractivity contribution in [2.45, 2.75) is 44.3 Å². The molecule has 21 heavy (non-hydrogen) atoms. The number of hydrogen-bond acceptors (Lipinski definition) is 3. The van der Waals surface area contributed by atoms with E-state index < -0.39 is 0 Å². The zero-order valence-electron chi connectivity index (χ0n) is 12.9. The maximum absolute atomic E-state index is 6.13. The summed E-state index contributed by atoms with van der Waals surface area (Å²) in [6, 6.07) is 10.4. The van der Waals surface area contributed by atoms with Crippen LogP contribution in [0.1, 0.15) is 37.7 Å². The van der Waals surface area contributed by atoms with E-state index in [1.54, 1.807) is 0 Å². The van der Waals surface area contributed by atoms with Gasteiger partial charge in [-0.25, -0.2) is 0 Å². The zero-order chi connectivity index (χ0) is 14.4. The van der Waals surface area contributed by atoms with Gasteiger partial charge in [-0.3, -0.25) is 0 Å². The Bertz CT molecular complexity index is 409. The molecule has 3 rings (SSSR count). The maximum Gasteiger partial charge on any atom is 0.0716 e. The fourth-order valence-electron chi connectivity index (χ4n) is 3.62. The van der Waals surface area contributed by atoms with Gasteiger partial charge in [0.1, 0.15) is 0 Å². The van der Waals surface area contributed by atoms with E-state index in [9.17, 15) is 0 Å². The SMILES string of the molecule is c1ccc(COCC[C@H]2CCOC3(CCNCC3)C2)cc1. The highest BCUT2D eigenvalue weighted by Crippen LogP contribution is 2.37. The number of rotatable bonds is 5. The predicted octanol–water partition coefficient (Wildman–Crippen LogP) is 3.14. The summed E-state index contributed by atoms with van der Waals surface area (Å²) in [5.74, 6) is 0.771. The van der Waals surface area contributed by atoms with E-state index in [0.29, 0.717) is 0 Å². The van der Waals surface area contributed by atoms with Gasteiger partial charge in [0.25, 0.3) is 0 Å². The molecular formula is C18H27NO2. The number of hydrogen-bond donors (Lipinski definition) is 1. The molecule has 0 bridgehead atoms. The van der Waals surface area contributed by atoms with Gasteiger partial charge < -0.3 is 14.8 Å². The third-order valence-corrected chi connectivity index (χ3v) is 4.89. The molecule has 2 fully saturated rings. The number of nitrogens with one attached hydrogen (secondary N) is 1. The molecule has 2 aliphatic heterocycles. The van der Waals surface area contributed by atoms with Gasteiger partial charge in [-0.15, -0.1) is 0 Å². The van der Waals surface area contributed by atoms with E-state index in [4.69, 9.17) is 9.47 Å². The Labute approximate surface area is 128 Å². The van der Waals surface area contributed by atoms with Crippen molar-refractivity contribution in [3.05, 3.63) is 35.9 Å². The first-order valence-corrected chi connectivity index (χ1v) is 8.33. The molecule has 3 heteroatoms. The van der Waals surface area contributed by atoms with Crippen LogP contribution in [0, 0.1) is 5.92 Å². The van der Waals surface area contributed by atoms with Crippen molar-refractivity contribution in [1.29, 1.82) is 0 Å². The van der Waals surface area contributed by atoms with Crippen molar-refractivity contribution in [1.82, 2.24) is 5.32 Å². The third-order valence-electron chi connectivity index (χ3n) is 4.89. The van der Waals surface area contributed by atoms with Crippen molar-refractivity contribution in [2.75, 3.05) is 26.3 Å². The van der Waals surface area contributed by atoms with Crippen molar-refractivity contribution in [3.8, 4) is 0 Å². The molecule has 3 nitrogen and oxygen atoms in total. The fraction of sp³-hybridized carbons (Fsp3) is 0.667. The summed E-state index contributed by atoms with van der Waals surface area (Å²) < 4.78 is 12.0. The number of piperidine rings is 1. The van der Waals surface area contributed by atoms with Crippen molar-refractivity contribution < 1.29 is 9.47 Å². The topological polar surface area (TPSA) is 30.5 Å². The third kappa shape index (κ3) is 4.29. The Morgan fingerprint density at radius 1 is 1.19 bits per heavy atom. The van der Waals surface area contributed by atoms with Crippen LogP contribution in [-0.4, -0.2) is 31.9 Å². The summed E-state index contributed by atoms with van der Waals surface area (Å²) >= 11 is 0. The molecule has 1 spiro atoms. The van der Waals surface area contributed by atoms with Gasteiger partial charge in [0.05, 0.1) is 12.2 Å². The molecule has 0 amide bonds. The van der Waals surface area contributed by atoms with Crippen LogP contribution in [0.3, 0.4) is 0 Å². The lowest BCUT2D eigenvalue weighted by Crippen LogP contribution is -2.48. The van der Waals surface area contributed by atoms with Crippen LogP contribution in [0.2, 0.25) is 0 Å². The largest absolute Gasteiger partial charge is 0.377 e.